The van der Waals surface area contributed by atoms with Crippen molar-refractivity contribution in [3.05, 3.63) is 0 Å². The Kier molecular flexibility index (Phi) is 11.2. The van der Waals surface area contributed by atoms with Gasteiger partial charge in [-0.05, 0) is 31.8 Å². The maximum atomic E-state index is 12.3. The molecule has 1 aliphatic rings. The summed E-state index contributed by atoms with van der Waals surface area (Å²) >= 11 is 3.66. The predicted octanol–water partition coefficient (Wildman–Crippen LogP) is 1.06. The summed E-state index contributed by atoms with van der Waals surface area (Å²) in [6.45, 7) is 5.21. The van der Waals surface area contributed by atoms with Gasteiger partial charge in [-0.1, -0.05) is 0 Å². The number of nitrogens with zero attached hydrogens (tertiary/aromatic N) is 2. The molecule has 0 amide bonds. The van der Waals surface area contributed by atoms with Crippen molar-refractivity contribution in [2.24, 2.45) is 4.99 Å². The summed E-state index contributed by atoms with van der Waals surface area (Å²) in [6.07, 6.45) is 4.32. The van der Waals surface area contributed by atoms with Crippen LogP contribution in [0.5, 0.6) is 0 Å². The van der Waals surface area contributed by atoms with Gasteiger partial charge in [-0.2, -0.15) is 23.5 Å². The highest BCUT2D eigenvalue weighted by Gasteiger charge is 2.23. The Morgan fingerprint density at radius 2 is 2.00 bits per heavy atom. The standard InChI is InChI=1S/C14H30N4O2S3/c1-3-15-14(16-6-4-5-10-21-2)17-7-13-23(19,20)18-8-11-22-12-9-18/h3-13H2,1-2H3,(H2,15,16,17). The zero-order chi connectivity index (χ0) is 17.0. The van der Waals surface area contributed by atoms with Crippen LogP contribution in [0.15, 0.2) is 4.99 Å². The van der Waals surface area contributed by atoms with E-state index < -0.39 is 10.0 Å². The van der Waals surface area contributed by atoms with E-state index in [-0.39, 0.29) is 5.75 Å². The maximum absolute atomic E-state index is 12.3. The third kappa shape index (κ3) is 9.07. The minimum absolute atomic E-state index is 0.120. The average Bonchev–Trinajstić information content (AvgIpc) is 2.55. The van der Waals surface area contributed by atoms with Gasteiger partial charge < -0.3 is 10.6 Å². The predicted molar refractivity (Wildman–Crippen MR) is 104 cm³/mol. The number of hydrogen-bond acceptors (Lipinski definition) is 5. The molecule has 1 aliphatic heterocycles. The minimum Gasteiger partial charge on any atom is -0.357 e. The van der Waals surface area contributed by atoms with Crippen LogP contribution in [0.3, 0.4) is 0 Å². The topological polar surface area (TPSA) is 73.8 Å². The molecular formula is C14H30N4O2S3. The van der Waals surface area contributed by atoms with Crippen molar-refractivity contribution in [2.75, 3.05) is 62.0 Å². The zero-order valence-electron chi connectivity index (χ0n) is 14.2. The van der Waals surface area contributed by atoms with Crippen LogP contribution in [0.1, 0.15) is 19.8 Å². The monoisotopic (exact) mass is 382 g/mol. The molecule has 1 rings (SSSR count). The molecule has 1 heterocycles. The first kappa shape index (κ1) is 20.9. The molecule has 0 bridgehead atoms. The van der Waals surface area contributed by atoms with E-state index in [4.69, 9.17) is 0 Å². The van der Waals surface area contributed by atoms with Crippen molar-refractivity contribution in [1.82, 2.24) is 14.9 Å². The molecule has 1 fully saturated rings. The van der Waals surface area contributed by atoms with Gasteiger partial charge in [0, 0.05) is 44.2 Å². The molecule has 0 aromatic rings. The van der Waals surface area contributed by atoms with Crippen LogP contribution in [0, 0.1) is 0 Å². The van der Waals surface area contributed by atoms with E-state index >= 15 is 0 Å². The molecule has 0 saturated carbocycles. The quantitative estimate of drug-likeness (QED) is 0.334. The third-order valence-electron chi connectivity index (χ3n) is 3.39. The number of aliphatic imine (C=N–C) groups is 1. The first-order chi connectivity index (χ1) is 11.1. The van der Waals surface area contributed by atoms with E-state index in [2.05, 4.69) is 21.9 Å². The fourth-order valence-electron chi connectivity index (χ4n) is 2.14. The largest absolute Gasteiger partial charge is 0.357 e. The lowest BCUT2D eigenvalue weighted by atomic mass is 10.3. The maximum Gasteiger partial charge on any atom is 0.215 e. The molecule has 0 aliphatic carbocycles. The van der Waals surface area contributed by atoms with Crippen LogP contribution < -0.4 is 10.6 Å². The molecular weight excluding hydrogens is 352 g/mol. The summed E-state index contributed by atoms with van der Waals surface area (Å²) in [5.41, 5.74) is 0. The number of rotatable bonds is 10. The normalized spacial score (nSPS) is 17.2. The first-order valence-electron chi connectivity index (χ1n) is 8.17. The van der Waals surface area contributed by atoms with Gasteiger partial charge in [0.05, 0.1) is 5.75 Å². The highest BCUT2D eigenvalue weighted by molar-refractivity contribution is 7.99. The Morgan fingerprint density at radius 3 is 2.65 bits per heavy atom. The van der Waals surface area contributed by atoms with Crippen molar-refractivity contribution >= 4 is 39.5 Å². The molecule has 0 unspecified atom stereocenters. The number of guanidine groups is 1. The van der Waals surface area contributed by atoms with Crippen LogP contribution in [-0.4, -0.2) is 80.7 Å². The lowest BCUT2D eigenvalue weighted by Crippen LogP contribution is -2.44. The van der Waals surface area contributed by atoms with Gasteiger partial charge in [-0.3, -0.25) is 4.99 Å². The fraction of sp³-hybridized carbons (Fsp3) is 0.929. The van der Waals surface area contributed by atoms with Gasteiger partial charge in [0.2, 0.25) is 10.0 Å². The smallest absolute Gasteiger partial charge is 0.215 e. The van der Waals surface area contributed by atoms with Gasteiger partial charge in [0.15, 0.2) is 5.96 Å². The number of hydrogen-bond donors (Lipinski definition) is 2. The summed E-state index contributed by atoms with van der Waals surface area (Å²) in [4.78, 5) is 4.49. The Morgan fingerprint density at radius 1 is 1.26 bits per heavy atom. The fourth-order valence-corrected chi connectivity index (χ4v) is 5.13. The molecule has 0 spiro atoms. The van der Waals surface area contributed by atoms with Gasteiger partial charge in [0.25, 0.3) is 0 Å². The van der Waals surface area contributed by atoms with Crippen molar-refractivity contribution in [1.29, 1.82) is 0 Å². The second kappa shape index (κ2) is 12.3. The number of unbranched alkanes of at least 4 members (excludes halogenated alkanes) is 1. The van der Waals surface area contributed by atoms with Crippen LogP contribution in [-0.2, 0) is 10.0 Å². The summed E-state index contributed by atoms with van der Waals surface area (Å²) < 4.78 is 26.2. The van der Waals surface area contributed by atoms with Crippen LogP contribution in [0.2, 0.25) is 0 Å². The summed E-state index contributed by atoms with van der Waals surface area (Å²) in [5, 5.41) is 6.29. The number of nitrogens with one attached hydrogen (secondary N) is 2. The van der Waals surface area contributed by atoms with Crippen molar-refractivity contribution in [3.8, 4) is 0 Å². The Labute approximate surface area is 149 Å². The van der Waals surface area contributed by atoms with Crippen LogP contribution in [0.25, 0.3) is 0 Å². The molecule has 0 radical (unpaired) electrons. The lowest BCUT2D eigenvalue weighted by molar-refractivity contribution is 0.443. The molecule has 2 N–H and O–H groups in total. The molecule has 136 valence electrons. The van der Waals surface area contributed by atoms with Crippen molar-refractivity contribution in [3.63, 3.8) is 0 Å². The Balaban J connectivity index is 2.34. The minimum atomic E-state index is -3.15. The van der Waals surface area contributed by atoms with E-state index in [0.717, 1.165) is 43.2 Å². The SMILES string of the molecule is CCNC(=NCCCCSC)NCCS(=O)(=O)N1CCSCC1. The summed E-state index contributed by atoms with van der Waals surface area (Å²) in [6, 6.07) is 0. The van der Waals surface area contributed by atoms with Gasteiger partial charge in [0.1, 0.15) is 0 Å². The number of sulfonamides is 1. The lowest BCUT2D eigenvalue weighted by Gasteiger charge is -2.25. The summed E-state index contributed by atoms with van der Waals surface area (Å²) in [7, 11) is -3.15. The van der Waals surface area contributed by atoms with Crippen LogP contribution in [0.4, 0.5) is 0 Å². The first-order valence-corrected chi connectivity index (χ1v) is 12.3. The summed E-state index contributed by atoms with van der Waals surface area (Å²) in [5.74, 6) is 3.78. The van der Waals surface area contributed by atoms with E-state index in [1.54, 1.807) is 4.31 Å². The third-order valence-corrected chi connectivity index (χ3v) is 6.90. The van der Waals surface area contributed by atoms with Crippen LogP contribution >= 0.6 is 23.5 Å². The molecule has 1 saturated heterocycles. The molecule has 9 heteroatoms. The van der Waals surface area contributed by atoms with Gasteiger partial charge in [-0.15, -0.1) is 0 Å². The highest BCUT2D eigenvalue weighted by Crippen LogP contribution is 2.12. The number of thioether (sulfide) groups is 2. The molecule has 0 aromatic carbocycles. The molecule has 6 nitrogen and oxygen atoms in total. The van der Waals surface area contributed by atoms with E-state index in [1.807, 2.05) is 30.4 Å². The molecule has 0 aromatic heterocycles. The van der Waals surface area contributed by atoms with Gasteiger partial charge in [-0.25, -0.2) is 12.7 Å². The molecule has 23 heavy (non-hydrogen) atoms. The Hall–Kier alpha value is -0.120. The van der Waals surface area contributed by atoms with Crippen molar-refractivity contribution in [2.45, 2.75) is 19.8 Å². The van der Waals surface area contributed by atoms with E-state index in [9.17, 15) is 8.42 Å². The van der Waals surface area contributed by atoms with Crippen molar-refractivity contribution < 1.29 is 8.42 Å². The average molecular weight is 383 g/mol. The van der Waals surface area contributed by atoms with E-state index in [1.165, 1.54) is 0 Å². The second-order valence-electron chi connectivity index (χ2n) is 5.21. The Bertz CT molecular complexity index is 437. The highest BCUT2D eigenvalue weighted by atomic mass is 32.2. The van der Waals surface area contributed by atoms with E-state index in [0.29, 0.717) is 25.6 Å². The molecule has 0 atom stereocenters. The van der Waals surface area contributed by atoms with Gasteiger partial charge >= 0.3 is 0 Å². The second-order valence-corrected chi connectivity index (χ2v) is 9.51. The zero-order valence-corrected chi connectivity index (χ0v) is 16.7.